The van der Waals surface area contributed by atoms with Gasteiger partial charge in [0.05, 0.1) is 5.41 Å². The first-order valence-electron chi connectivity index (χ1n) is 9.19. The van der Waals surface area contributed by atoms with Gasteiger partial charge in [-0.3, -0.25) is 9.59 Å². The Morgan fingerprint density at radius 1 is 1.19 bits per heavy atom. The summed E-state index contributed by atoms with van der Waals surface area (Å²) in [4.78, 5) is 26.0. The van der Waals surface area contributed by atoms with Crippen molar-refractivity contribution in [2.45, 2.75) is 26.2 Å². The average molecular weight is 358 g/mol. The van der Waals surface area contributed by atoms with E-state index in [-0.39, 0.29) is 17.3 Å². The van der Waals surface area contributed by atoms with Gasteiger partial charge in [-0.25, -0.2) is 0 Å². The number of ketones is 2. The number of allylic oxidation sites excluding steroid dienone is 5. The molecule has 0 saturated heterocycles. The maximum atomic E-state index is 13.2. The number of hydrogen-bond acceptors (Lipinski definition) is 3. The van der Waals surface area contributed by atoms with Crippen LogP contribution >= 0.6 is 0 Å². The second kappa shape index (κ2) is 6.05. The molecule has 0 spiro atoms. The molecule has 3 nitrogen and oxygen atoms in total. The van der Waals surface area contributed by atoms with E-state index in [1.165, 1.54) is 6.08 Å². The van der Waals surface area contributed by atoms with Gasteiger partial charge in [0.25, 0.3) is 0 Å². The highest BCUT2D eigenvalue weighted by molar-refractivity contribution is 6.13. The van der Waals surface area contributed by atoms with E-state index < -0.39 is 17.3 Å². The Labute approximate surface area is 158 Å². The number of aromatic hydroxyl groups is 1. The second-order valence-electron chi connectivity index (χ2n) is 7.69. The van der Waals surface area contributed by atoms with Gasteiger partial charge in [0.15, 0.2) is 11.6 Å². The number of phenols is 1. The summed E-state index contributed by atoms with van der Waals surface area (Å²) in [6.07, 6.45) is 5.71. The molecule has 3 heteroatoms. The summed E-state index contributed by atoms with van der Waals surface area (Å²) in [5.41, 5.74) is 1.13. The Bertz CT molecular complexity index is 1060. The van der Waals surface area contributed by atoms with E-state index in [4.69, 9.17) is 0 Å². The molecule has 27 heavy (non-hydrogen) atoms. The van der Waals surface area contributed by atoms with Crippen molar-refractivity contribution >= 4 is 22.3 Å². The predicted octanol–water partition coefficient (Wildman–Crippen LogP) is 4.87. The van der Waals surface area contributed by atoms with Crippen molar-refractivity contribution in [3.63, 3.8) is 0 Å². The monoisotopic (exact) mass is 358 g/mol. The van der Waals surface area contributed by atoms with Gasteiger partial charge in [0.2, 0.25) is 0 Å². The number of carbonyl (C=O) groups is 2. The topological polar surface area (TPSA) is 54.4 Å². The zero-order valence-electron chi connectivity index (χ0n) is 15.5. The third kappa shape index (κ3) is 2.34. The number of phenolic OH excluding ortho intramolecular Hbond substituents is 1. The Morgan fingerprint density at radius 3 is 2.67 bits per heavy atom. The van der Waals surface area contributed by atoms with Crippen molar-refractivity contribution in [3.8, 4) is 5.75 Å². The van der Waals surface area contributed by atoms with Gasteiger partial charge in [-0.2, -0.15) is 0 Å². The highest BCUT2D eigenvalue weighted by Gasteiger charge is 2.55. The molecule has 0 fully saturated rings. The Kier molecular flexibility index (Phi) is 3.92. The minimum atomic E-state index is -0.936. The number of rotatable bonds is 2. The first-order valence-corrected chi connectivity index (χ1v) is 9.19. The van der Waals surface area contributed by atoms with Gasteiger partial charge in [-0.05, 0) is 36.0 Å². The highest BCUT2D eigenvalue weighted by Crippen LogP contribution is 2.56. The van der Waals surface area contributed by atoms with Gasteiger partial charge in [0, 0.05) is 22.8 Å². The van der Waals surface area contributed by atoms with Crippen LogP contribution < -0.4 is 0 Å². The third-order valence-electron chi connectivity index (χ3n) is 6.31. The molecule has 0 radical (unpaired) electrons. The van der Waals surface area contributed by atoms with E-state index in [1.807, 2.05) is 49.4 Å². The predicted molar refractivity (Wildman–Crippen MR) is 107 cm³/mol. The maximum absolute atomic E-state index is 13.2. The molecule has 0 aliphatic heterocycles. The molecule has 2 aliphatic carbocycles. The van der Waals surface area contributed by atoms with Gasteiger partial charge in [-0.15, -0.1) is 0 Å². The van der Waals surface area contributed by atoms with Crippen LogP contribution in [0.5, 0.6) is 5.75 Å². The lowest BCUT2D eigenvalue weighted by molar-refractivity contribution is -0.137. The number of benzene rings is 2. The van der Waals surface area contributed by atoms with Gasteiger partial charge in [-0.1, -0.05) is 62.1 Å². The average Bonchev–Trinajstić information content (AvgIpc) is 2.67. The lowest BCUT2D eigenvalue weighted by atomic mass is 9.53. The van der Waals surface area contributed by atoms with Crippen molar-refractivity contribution in [2.75, 3.05) is 0 Å². The van der Waals surface area contributed by atoms with Crippen LogP contribution in [0.15, 0.2) is 72.4 Å². The minimum absolute atomic E-state index is 0.0155. The van der Waals surface area contributed by atoms with Crippen LogP contribution in [0.25, 0.3) is 10.8 Å². The molecule has 1 N–H and O–H groups in total. The number of carbonyl (C=O) groups excluding carboxylic acids is 2. The molecule has 2 aromatic carbocycles. The van der Waals surface area contributed by atoms with E-state index in [2.05, 4.69) is 6.58 Å². The summed E-state index contributed by atoms with van der Waals surface area (Å²) in [7, 11) is 0. The van der Waals surface area contributed by atoms with Crippen LogP contribution in [0.4, 0.5) is 0 Å². The summed E-state index contributed by atoms with van der Waals surface area (Å²) < 4.78 is 0. The summed E-state index contributed by atoms with van der Waals surface area (Å²) >= 11 is 0. The summed E-state index contributed by atoms with van der Waals surface area (Å²) in [5, 5.41) is 12.7. The molecule has 0 amide bonds. The van der Waals surface area contributed by atoms with E-state index in [0.29, 0.717) is 17.6 Å². The largest absolute Gasteiger partial charge is 0.507 e. The van der Waals surface area contributed by atoms with Crippen LogP contribution in [-0.4, -0.2) is 16.7 Å². The zero-order valence-corrected chi connectivity index (χ0v) is 15.5. The van der Waals surface area contributed by atoms with Crippen LogP contribution in [0.3, 0.4) is 0 Å². The molecular formula is C24H22O3. The quantitative estimate of drug-likeness (QED) is 0.833. The molecule has 0 unspecified atom stereocenters. The van der Waals surface area contributed by atoms with E-state index in [9.17, 15) is 14.7 Å². The van der Waals surface area contributed by atoms with E-state index >= 15 is 0 Å². The van der Waals surface area contributed by atoms with E-state index in [1.54, 1.807) is 13.0 Å². The Balaban J connectivity index is 1.99. The fraction of sp³-hybridized carbons (Fsp3) is 0.250. The molecule has 136 valence electrons. The SMILES string of the molecule is C=CC1=CC[C@H]2C(=O)C(C)=CC(=O)[C@@]2(C)[C@H]1c1ccc2ccccc2c1O. The highest BCUT2D eigenvalue weighted by atomic mass is 16.3. The van der Waals surface area contributed by atoms with Crippen molar-refractivity contribution in [3.05, 3.63) is 77.9 Å². The molecular weight excluding hydrogens is 336 g/mol. The van der Waals surface area contributed by atoms with Crippen molar-refractivity contribution < 1.29 is 14.7 Å². The Hall–Kier alpha value is -2.94. The summed E-state index contributed by atoms with van der Waals surface area (Å²) in [6, 6.07) is 11.4. The molecule has 0 aromatic heterocycles. The first-order chi connectivity index (χ1) is 12.9. The van der Waals surface area contributed by atoms with Crippen LogP contribution in [-0.2, 0) is 9.59 Å². The molecule has 0 heterocycles. The third-order valence-corrected chi connectivity index (χ3v) is 6.31. The Morgan fingerprint density at radius 2 is 1.93 bits per heavy atom. The molecule has 0 saturated carbocycles. The lowest BCUT2D eigenvalue weighted by Crippen LogP contribution is -2.49. The number of hydrogen-bond donors (Lipinski definition) is 1. The number of Topliss-reactive ketones (excluding diaryl/α,β-unsaturated/α-hetero) is 1. The number of fused-ring (bicyclic) bond motifs is 2. The smallest absolute Gasteiger partial charge is 0.163 e. The van der Waals surface area contributed by atoms with Crippen molar-refractivity contribution in [1.82, 2.24) is 0 Å². The normalized spacial score (nSPS) is 27.8. The fourth-order valence-electron chi connectivity index (χ4n) is 4.76. The fourth-order valence-corrected chi connectivity index (χ4v) is 4.76. The summed E-state index contributed by atoms with van der Waals surface area (Å²) in [5.74, 6) is -0.718. The molecule has 3 atom stereocenters. The van der Waals surface area contributed by atoms with Crippen molar-refractivity contribution in [1.29, 1.82) is 0 Å². The zero-order chi connectivity index (χ0) is 19.3. The van der Waals surface area contributed by atoms with E-state index in [0.717, 1.165) is 16.3 Å². The van der Waals surface area contributed by atoms with Crippen LogP contribution in [0.1, 0.15) is 31.7 Å². The maximum Gasteiger partial charge on any atom is 0.163 e. The van der Waals surface area contributed by atoms with Crippen LogP contribution in [0, 0.1) is 11.3 Å². The minimum Gasteiger partial charge on any atom is -0.507 e. The molecule has 0 bridgehead atoms. The van der Waals surface area contributed by atoms with Crippen LogP contribution in [0.2, 0.25) is 0 Å². The second-order valence-corrected chi connectivity index (χ2v) is 7.69. The lowest BCUT2D eigenvalue weighted by Gasteiger charge is -2.47. The van der Waals surface area contributed by atoms with Crippen molar-refractivity contribution in [2.24, 2.45) is 11.3 Å². The summed E-state index contributed by atoms with van der Waals surface area (Å²) in [6.45, 7) is 7.48. The standard InChI is InChI=1S/C24H22O3/c1-4-15-10-12-19-22(26)14(2)13-20(25)24(19,3)21(15)18-11-9-16-7-5-6-8-17(16)23(18)27/h4-11,13,19,21,27H,1,12H2,2-3H3/t19-,21+,24-/m0/s1. The molecule has 2 aliphatic rings. The van der Waals surface area contributed by atoms with Gasteiger partial charge < -0.3 is 5.11 Å². The first kappa shape index (κ1) is 17.5. The molecule has 2 aromatic rings. The molecule has 4 rings (SSSR count). The van der Waals surface area contributed by atoms with Gasteiger partial charge >= 0.3 is 0 Å². The van der Waals surface area contributed by atoms with Gasteiger partial charge in [0.1, 0.15) is 5.75 Å².